The molecule has 0 bridgehead atoms. The van der Waals surface area contributed by atoms with Gasteiger partial charge in [0.1, 0.15) is 12.1 Å². The Bertz CT molecular complexity index is 432. The number of carboxylic acid groups (broad SMARTS) is 1. The number of likely N-dealkylation sites (tertiary alicyclic amines) is 1. The molecular weight excluding hydrogens is 264 g/mol. The molecular formula is C13H20N2O5. The van der Waals surface area contributed by atoms with Gasteiger partial charge in [-0.15, -0.1) is 0 Å². The third-order valence-electron chi connectivity index (χ3n) is 3.21. The van der Waals surface area contributed by atoms with E-state index in [0.29, 0.717) is 5.57 Å². The molecule has 1 aliphatic rings. The predicted octanol–water partition coefficient (Wildman–Crippen LogP) is 0.609. The minimum absolute atomic E-state index is 0.190. The Kier molecular flexibility index (Phi) is 5.12. The van der Waals surface area contributed by atoms with Gasteiger partial charge in [0.25, 0.3) is 0 Å². The second kappa shape index (κ2) is 6.40. The van der Waals surface area contributed by atoms with Crippen molar-refractivity contribution in [2.24, 2.45) is 5.92 Å². The molecule has 112 valence electrons. The normalized spacial score (nSPS) is 19.9. The van der Waals surface area contributed by atoms with E-state index in [4.69, 9.17) is 5.11 Å². The molecule has 7 nitrogen and oxygen atoms in total. The van der Waals surface area contributed by atoms with Crippen LogP contribution in [0.3, 0.4) is 0 Å². The zero-order chi connectivity index (χ0) is 15.4. The number of alkyl carbamates (subject to hydrolysis) is 1. The quantitative estimate of drug-likeness (QED) is 0.737. The molecule has 0 spiro atoms. The Morgan fingerprint density at radius 2 is 2.05 bits per heavy atom. The van der Waals surface area contributed by atoms with Gasteiger partial charge in [-0.3, -0.25) is 4.79 Å². The van der Waals surface area contributed by atoms with Crippen LogP contribution in [0.2, 0.25) is 0 Å². The summed E-state index contributed by atoms with van der Waals surface area (Å²) < 4.78 is 4.48. The molecule has 0 saturated carbocycles. The molecule has 0 aliphatic carbocycles. The maximum absolute atomic E-state index is 12.5. The van der Waals surface area contributed by atoms with E-state index in [-0.39, 0.29) is 18.9 Å². The van der Waals surface area contributed by atoms with Crippen molar-refractivity contribution in [1.29, 1.82) is 0 Å². The molecule has 1 rings (SSSR count). The van der Waals surface area contributed by atoms with E-state index in [1.807, 2.05) is 0 Å². The number of hydrogen-bond acceptors (Lipinski definition) is 4. The van der Waals surface area contributed by atoms with Crippen LogP contribution >= 0.6 is 0 Å². The Balaban J connectivity index is 2.91. The summed E-state index contributed by atoms with van der Waals surface area (Å²) in [6.07, 6.45) is -0.480. The van der Waals surface area contributed by atoms with Crippen molar-refractivity contribution in [1.82, 2.24) is 10.2 Å². The molecule has 0 aromatic carbocycles. The fourth-order valence-electron chi connectivity index (χ4n) is 2.13. The maximum atomic E-state index is 12.5. The van der Waals surface area contributed by atoms with Crippen molar-refractivity contribution in [3.05, 3.63) is 12.2 Å². The Morgan fingerprint density at radius 3 is 2.50 bits per heavy atom. The Hall–Kier alpha value is -2.05. The monoisotopic (exact) mass is 284 g/mol. The summed E-state index contributed by atoms with van der Waals surface area (Å²) in [4.78, 5) is 36.2. The van der Waals surface area contributed by atoms with Gasteiger partial charge in [0.2, 0.25) is 5.91 Å². The molecule has 0 aromatic rings. The zero-order valence-electron chi connectivity index (χ0n) is 11.9. The van der Waals surface area contributed by atoms with Gasteiger partial charge < -0.3 is 20.1 Å². The summed E-state index contributed by atoms with van der Waals surface area (Å²) in [5, 5.41) is 11.6. The molecule has 0 aromatic heterocycles. The van der Waals surface area contributed by atoms with E-state index in [0.717, 1.165) is 0 Å². The van der Waals surface area contributed by atoms with E-state index >= 15 is 0 Å². The van der Waals surface area contributed by atoms with E-state index in [2.05, 4.69) is 16.6 Å². The number of methoxy groups -OCH3 is 1. The topological polar surface area (TPSA) is 95.9 Å². The fraction of sp³-hybridized carbons (Fsp3) is 0.615. The lowest BCUT2D eigenvalue weighted by Crippen LogP contribution is -2.53. The number of rotatable bonds is 4. The third kappa shape index (κ3) is 3.49. The summed E-state index contributed by atoms with van der Waals surface area (Å²) >= 11 is 0. The lowest BCUT2D eigenvalue weighted by Gasteiger charge is -2.28. The van der Waals surface area contributed by atoms with Crippen molar-refractivity contribution < 1.29 is 24.2 Å². The highest BCUT2D eigenvalue weighted by Crippen LogP contribution is 2.23. The van der Waals surface area contributed by atoms with Gasteiger partial charge in [-0.25, -0.2) is 9.59 Å². The minimum atomic E-state index is -1.07. The number of aliphatic carboxylic acids is 1. The van der Waals surface area contributed by atoms with Crippen molar-refractivity contribution in [2.45, 2.75) is 32.4 Å². The Morgan fingerprint density at radius 1 is 1.45 bits per heavy atom. The van der Waals surface area contributed by atoms with Crippen LogP contribution in [-0.2, 0) is 14.3 Å². The van der Waals surface area contributed by atoms with Crippen molar-refractivity contribution >= 4 is 18.0 Å². The maximum Gasteiger partial charge on any atom is 0.407 e. The first-order valence-electron chi connectivity index (χ1n) is 6.32. The standard InChI is InChI=1S/C13H20N2O5/c1-7(2)10(14-13(19)20-4)11(16)15-6-8(3)5-9(15)12(17)18/h7,9-10H,3,5-6H2,1-2,4H3,(H,14,19)(H,17,18)/t9-,10-/m0/s1. The third-order valence-corrected chi connectivity index (χ3v) is 3.21. The van der Waals surface area contributed by atoms with Crippen LogP contribution < -0.4 is 5.32 Å². The van der Waals surface area contributed by atoms with Crippen LogP contribution in [0, 0.1) is 5.92 Å². The average molecular weight is 284 g/mol. The lowest BCUT2D eigenvalue weighted by molar-refractivity contribution is -0.149. The smallest absolute Gasteiger partial charge is 0.407 e. The summed E-state index contributed by atoms with van der Waals surface area (Å²) in [5.74, 6) is -1.70. The molecule has 1 fully saturated rings. The van der Waals surface area contributed by atoms with Crippen LogP contribution in [0.15, 0.2) is 12.2 Å². The van der Waals surface area contributed by atoms with Gasteiger partial charge in [0.15, 0.2) is 0 Å². The summed E-state index contributed by atoms with van der Waals surface area (Å²) in [7, 11) is 1.20. The number of ether oxygens (including phenoxy) is 1. The van der Waals surface area contributed by atoms with Crippen LogP contribution in [0.5, 0.6) is 0 Å². The van der Waals surface area contributed by atoms with E-state index < -0.39 is 30.1 Å². The summed E-state index contributed by atoms with van der Waals surface area (Å²) in [6.45, 7) is 7.45. The largest absolute Gasteiger partial charge is 0.480 e. The van der Waals surface area contributed by atoms with Gasteiger partial charge >= 0.3 is 12.1 Å². The van der Waals surface area contributed by atoms with Crippen molar-refractivity contribution in [3.63, 3.8) is 0 Å². The number of carboxylic acids is 1. The summed E-state index contributed by atoms with van der Waals surface area (Å²) in [6, 6.07) is -1.74. The molecule has 2 N–H and O–H groups in total. The second-order valence-corrected chi connectivity index (χ2v) is 5.13. The van der Waals surface area contributed by atoms with E-state index in [9.17, 15) is 14.4 Å². The average Bonchev–Trinajstić information content (AvgIpc) is 2.76. The fourth-order valence-corrected chi connectivity index (χ4v) is 2.13. The molecule has 0 unspecified atom stereocenters. The van der Waals surface area contributed by atoms with Crippen molar-refractivity contribution in [2.75, 3.05) is 13.7 Å². The molecule has 2 atom stereocenters. The van der Waals surface area contributed by atoms with Gasteiger partial charge in [-0.1, -0.05) is 26.0 Å². The highest BCUT2D eigenvalue weighted by Gasteiger charge is 2.40. The number of carbonyl (C=O) groups is 3. The first-order chi connectivity index (χ1) is 9.27. The first-order valence-corrected chi connectivity index (χ1v) is 6.32. The van der Waals surface area contributed by atoms with Gasteiger partial charge in [0, 0.05) is 13.0 Å². The number of nitrogens with zero attached hydrogens (tertiary/aromatic N) is 1. The number of nitrogens with one attached hydrogen (secondary N) is 1. The molecule has 1 aliphatic heterocycles. The van der Waals surface area contributed by atoms with E-state index in [1.54, 1.807) is 13.8 Å². The number of carbonyl (C=O) groups excluding carboxylic acids is 2. The predicted molar refractivity (Wildman–Crippen MR) is 71.1 cm³/mol. The number of amides is 2. The highest BCUT2D eigenvalue weighted by molar-refractivity contribution is 5.90. The SMILES string of the molecule is C=C1C[C@@H](C(=O)O)N(C(=O)[C@@H](NC(=O)OC)C(C)C)C1. The van der Waals surface area contributed by atoms with Crippen molar-refractivity contribution in [3.8, 4) is 0 Å². The molecule has 2 amide bonds. The van der Waals surface area contributed by atoms with Gasteiger partial charge in [-0.05, 0) is 5.92 Å². The van der Waals surface area contributed by atoms with Gasteiger partial charge in [-0.2, -0.15) is 0 Å². The lowest BCUT2D eigenvalue weighted by atomic mass is 10.0. The minimum Gasteiger partial charge on any atom is -0.480 e. The molecule has 1 heterocycles. The van der Waals surface area contributed by atoms with Crippen LogP contribution in [-0.4, -0.2) is 53.7 Å². The van der Waals surface area contributed by atoms with Gasteiger partial charge in [0.05, 0.1) is 7.11 Å². The molecule has 1 saturated heterocycles. The van der Waals surface area contributed by atoms with Crippen LogP contribution in [0.1, 0.15) is 20.3 Å². The molecule has 7 heteroatoms. The first kappa shape index (κ1) is 16.0. The number of hydrogen-bond donors (Lipinski definition) is 2. The molecule has 20 heavy (non-hydrogen) atoms. The second-order valence-electron chi connectivity index (χ2n) is 5.13. The zero-order valence-corrected chi connectivity index (χ0v) is 11.9. The Labute approximate surface area is 117 Å². The van der Waals surface area contributed by atoms with Crippen LogP contribution in [0.4, 0.5) is 4.79 Å². The summed E-state index contributed by atoms with van der Waals surface area (Å²) in [5.41, 5.74) is 0.686. The van der Waals surface area contributed by atoms with E-state index in [1.165, 1.54) is 12.0 Å². The van der Waals surface area contributed by atoms with Crippen LogP contribution in [0.25, 0.3) is 0 Å². The highest BCUT2D eigenvalue weighted by atomic mass is 16.5. The molecule has 0 radical (unpaired) electrons.